The van der Waals surface area contributed by atoms with E-state index in [0.717, 1.165) is 15.8 Å². The second kappa shape index (κ2) is 13.4. The van der Waals surface area contributed by atoms with Crippen LogP contribution in [0.25, 0.3) is 110 Å². The van der Waals surface area contributed by atoms with Crippen LogP contribution in [0.5, 0.6) is 0 Å². The highest BCUT2D eigenvalue weighted by molar-refractivity contribution is 9.10. The van der Waals surface area contributed by atoms with E-state index in [4.69, 9.17) is 0 Å². The van der Waals surface area contributed by atoms with Gasteiger partial charge in [-0.1, -0.05) is 155 Å². The van der Waals surface area contributed by atoms with Crippen LogP contribution in [0.15, 0.2) is 217 Å². The Morgan fingerprint density at radius 2 is 0.847 bits per heavy atom. The van der Waals surface area contributed by atoms with Crippen molar-refractivity contribution in [3.05, 3.63) is 217 Å². The van der Waals surface area contributed by atoms with E-state index in [-0.39, 0.29) is 0 Å². The lowest BCUT2D eigenvalue weighted by Crippen LogP contribution is -1.95. The summed E-state index contributed by atoms with van der Waals surface area (Å²) in [6.07, 6.45) is 0. The summed E-state index contributed by atoms with van der Waals surface area (Å²) in [5.74, 6) is 0. The molecule has 10 aromatic carbocycles. The van der Waals surface area contributed by atoms with E-state index in [2.05, 4.69) is 237 Å². The van der Waals surface area contributed by atoms with Crippen LogP contribution in [-0.2, 0) is 0 Å². The van der Waals surface area contributed by atoms with Crippen LogP contribution in [0, 0.1) is 0 Å². The van der Waals surface area contributed by atoms with E-state index in [0.29, 0.717) is 0 Å². The SMILES string of the molecule is Brc1ccc(-c2cc(-c3ccc4c5ccc6ccccc6c5n(-c5ccccc5)c4c3)cc(-c3cc4ccccc4c4c3c3ccccc3n4-c3ccccc3)c2)cc1. The third-order valence-corrected chi connectivity index (χ3v) is 12.6. The highest BCUT2D eigenvalue weighted by Crippen LogP contribution is 2.45. The number of para-hydroxylation sites is 3. The standard InChI is InChI=1S/C56H35BrN2/c57-43-27-23-36(24-28-43)40-31-41(38-26-29-48-49-30-25-37-13-7-9-19-46(37)55(49)59(53(48)35-38)45-17-5-2-6-18-45)33-42(32-40)51-34-39-14-8-10-20-47(39)56-54(51)50-21-11-12-22-52(50)58(56)44-15-3-1-4-16-44/h1-35H. The minimum absolute atomic E-state index is 1.06. The number of nitrogens with zero attached hydrogens (tertiary/aromatic N) is 2. The zero-order chi connectivity index (χ0) is 39.0. The van der Waals surface area contributed by atoms with Gasteiger partial charge in [0, 0.05) is 48.2 Å². The fourth-order valence-corrected chi connectivity index (χ4v) is 9.73. The average molecular weight is 816 g/mol. The maximum Gasteiger partial charge on any atom is 0.0625 e. The van der Waals surface area contributed by atoms with Crippen molar-refractivity contribution in [2.24, 2.45) is 0 Å². The molecule has 12 rings (SSSR count). The van der Waals surface area contributed by atoms with Crippen molar-refractivity contribution >= 4 is 81.1 Å². The van der Waals surface area contributed by atoms with Gasteiger partial charge >= 0.3 is 0 Å². The summed E-state index contributed by atoms with van der Waals surface area (Å²) >= 11 is 3.69. The Morgan fingerprint density at radius 1 is 0.305 bits per heavy atom. The van der Waals surface area contributed by atoms with E-state index in [1.807, 2.05) is 0 Å². The van der Waals surface area contributed by atoms with Crippen LogP contribution < -0.4 is 0 Å². The number of halogens is 1. The molecule has 2 aromatic heterocycles. The monoisotopic (exact) mass is 814 g/mol. The number of aromatic nitrogens is 2. The van der Waals surface area contributed by atoms with Crippen LogP contribution in [0.2, 0.25) is 0 Å². The van der Waals surface area contributed by atoms with Gasteiger partial charge in [-0.15, -0.1) is 0 Å². The first kappa shape index (κ1) is 33.9. The van der Waals surface area contributed by atoms with Gasteiger partial charge in [0.1, 0.15) is 0 Å². The molecule has 0 spiro atoms. The molecule has 0 atom stereocenters. The number of benzene rings is 10. The van der Waals surface area contributed by atoms with Crippen LogP contribution >= 0.6 is 15.9 Å². The molecule has 12 aromatic rings. The van der Waals surface area contributed by atoms with E-state index in [9.17, 15) is 0 Å². The minimum atomic E-state index is 1.06. The first-order valence-corrected chi connectivity index (χ1v) is 20.9. The molecule has 59 heavy (non-hydrogen) atoms. The number of rotatable bonds is 5. The van der Waals surface area contributed by atoms with Crippen LogP contribution in [-0.4, -0.2) is 9.13 Å². The minimum Gasteiger partial charge on any atom is -0.309 e. The third-order valence-electron chi connectivity index (χ3n) is 12.1. The molecular weight excluding hydrogens is 781 g/mol. The van der Waals surface area contributed by atoms with Gasteiger partial charge in [0.15, 0.2) is 0 Å². The van der Waals surface area contributed by atoms with Crippen molar-refractivity contribution in [3.8, 4) is 44.8 Å². The molecule has 0 amide bonds. The summed E-state index contributed by atoms with van der Waals surface area (Å²) in [5, 5.41) is 9.94. The lowest BCUT2D eigenvalue weighted by molar-refractivity contribution is 1.19. The van der Waals surface area contributed by atoms with Gasteiger partial charge in [-0.25, -0.2) is 0 Å². The summed E-state index contributed by atoms with van der Waals surface area (Å²) in [5.41, 5.74) is 14.2. The molecule has 0 bridgehead atoms. The maximum atomic E-state index is 3.69. The van der Waals surface area contributed by atoms with Gasteiger partial charge in [0.05, 0.1) is 22.1 Å². The third kappa shape index (κ3) is 5.39. The zero-order valence-corrected chi connectivity index (χ0v) is 33.6. The second-order valence-corrected chi connectivity index (χ2v) is 16.4. The molecule has 0 aliphatic rings. The second-order valence-electron chi connectivity index (χ2n) is 15.4. The van der Waals surface area contributed by atoms with Crippen molar-refractivity contribution in [3.63, 3.8) is 0 Å². The Balaban J connectivity index is 1.17. The van der Waals surface area contributed by atoms with Crippen molar-refractivity contribution < 1.29 is 0 Å². The summed E-state index contributed by atoms with van der Waals surface area (Å²) < 4.78 is 5.98. The van der Waals surface area contributed by atoms with Crippen molar-refractivity contribution in [1.29, 1.82) is 0 Å². The van der Waals surface area contributed by atoms with Crippen LogP contribution in [0.1, 0.15) is 0 Å². The maximum absolute atomic E-state index is 3.69. The predicted molar refractivity (Wildman–Crippen MR) is 254 cm³/mol. The summed E-state index contributed by atoms with van der Waals surface area (Å²) in [6.45, 7) is 0. The average Bonchev–Trinajstić information content (AvgIpc) is 3.83. The molecule has 0 saturated heterocycles. The van der Waals surface area contributed by atoms with E-state index in [1.165, 1.54) is 98.5 Å². The van der Waals surface area contributed by atoms with Gasteiger partial charge in [0.25, 0.3) is 0 Å². The molecule has 0 aliphatic carbocycles. The molecule has 3 heteroatoms. The van der Waals surface area contributed by atoms with Crippen molar-refractivity contribution in [1.82, 2.24) is 9.13 Å². The van der Waals surface area contributed by atoms with Crippen LogP contribution in [0.3, 0.4) is 0 Å². The van der Waals surface area contributed by atoms with E-state index in [1.54, 1.807) is 0 Å². The first-order valence-electron chi connectivity index (χ1n) is 20.1. The Kier molecular flexibility index (Phi) is 7.72. The molecule has 2 nitrogen and oxygen atoms in total. The van der Waals surface area contributed by atoms with E-state index < -0.39 is 0 Å². The Bertz CT molecular complexity index is 3600. The molecular formula is C56H35BrN2. The summed E-state index contributed by atoms with van der Waals surface area (Å²) in [6, 6.07) is 77.9. The fraction of sp³-hybridized carbons (Fsp3) is 0. The summed E-state index contributed by atoms with van der Waals surface area (Å²) in [4.78, 5) is 0. The van der Waals surface area contributed by atoms with Crippen molar-refractivity contribution in [2.75, 3.05) is 0 Å². The highest BCUT2D eigenvalue weighted by Gasteiger charge is 2.21. The van der Waals surface area contributed by atoms with E-state index >= 15 is 0 Å². The Morgan fingerprint density at radius 3 is 1.58 bits per heavy atom. The molecule has 0 fully saturated rings. The van der Waals surface area contributed by atoms with Crippen molar-refractivity contribution in [2.45, 2.75) is 0 Å². The predicted octanol–water partition coefficient (Wildman–Crippen LogP) is 16.0. The Labute approximate surface area is 350 Å². The molecule has 2 heterocycles. The van der Waals surface area contributed by atoms with Gasteiger partial charge in [-0.3, -0.25) is 0 Å². The summed E-state index contributed by atoms with van der Waals surface area (Å²) in [7, 11) is 0. The molecule has 0 saturated carbocycles. The number of fused-ring (bicyclic) bond motifs is 10. The van der Waals surface area contributed by atoms with Gasteiger partial charge in [0.2, 0.25) is 0 Å². The molecule has 0 aliphatic heterocycles. The highest BCUT2D eigenvalue weighted by atomic mass is 79.9. The molecule has 0 radical (unpaired) electrons. The Hall–Kier alpha value is -7.20. The van der Waals surface area contributed by atoms with Gasteiger partial charge < -0.3 is 9.13 Å². The van der Waals surface area contributed by atoms with Gasteiger partial charge in [-0.2, -0.15) is 0 Å². The lowest BCUT2D eigenvalue weighted by Gasteiger charge is -2.15. The molecule has 276 valence electrons. The molecule has 0 unspecified atom stereocenters. The zero-order valence-electron chi connectivity index (χ0n) is 32.0. The van der Waals surface area contributed by atoms with Crippen LogP contribution in [0.4, 0.5) is 0 Å². The quantitative estimate of drug-likeness (QED) is 0.164. The van der Waals surface area contributed by atoms with Gasteiger partial charge in [-0.05, 0) is 117 Å². The number of hydrogen-bond donors (Lipinski definition) is 0. The smallest absolute Gasteiger partial charge is 0.0625 e. The number of hydrogen-bond acceptors (Lipinski definition) is 0. The normalized spacial score (nSPS) is 11.8. The lowest BCUT2D eigenvalue weighted by atomic mass is 9.90. The first-order chi connectivity index (χ1) is 29.2. The fourth-order valence-electron chi connectivity index (χ4n) is 9.47. The molecule has 0 N–H and O–H groups in total. The topological polar surface area (TPSA) is 9.86 Å². The largest absolute Gasteiger partial charge is 0.309 e.